The van der Waals surface area contributed by atoms with E-state index < -0.39 is 16.2 Å². The van der Waals surface area contributed by atoms with Crippen LogP contribution in [-0.4, -0.2) is 28.7 Å². The SMILES string of the molecule is COc1ccc(C[C@H](C)OS(=O)(=O)c2ccc(C)cc2)cc1OC. The number of rotatable bonds is 7. The first-order valence-electron chi connectivity index (χ1n) is 7.56. The molecule has 0 bridgehead atoms. The van der Waals surface area contributed by atoms with Gasteiger partial charge in [0.1, 0.15) is 0 Å². The highest BCUT2D eigenvalue weighted by Crippen LogP contribution is 2.28. The van der Waals surface area contributed by atoms with Gasteiger partial charge in [0.05, 0.1) is 25.2 Å². The van der Waals surface area contributed by atoms with Crippen molar-refractivity contribution in [2.75, 3.05) is 14.2 Å². The molecular weight excluding hydrogens is 328 g/mol. The smallest absolute Gasteiger partial charge is 0.297 e. The molecule has 2 aromatic carbocycles. The maximum absolute atomic E-state index is 12.3. The third kappa shape index (κ3) is 4.49. The van der Waals surface area contributed by atoms with Gasteiger partial charge in [0.25, 0.3) is 10.1 Å². The Kier molecular flexibility index (Phi) is 5.85. The van der Waals surface area contributed by atoms with Gasteiger partial charge in [0, 0.05) is 0 Å². The number of methoxy groups -OCH3 is 2. The van der Waals surface area contributed by atoms with Gasteiger partial charge < -0.3 is 9.47 Å². The van der Waals surface area contributed by atoms with Crippen molar-refractivity contribution in [1.29, 1.82) is 0 Å². The Bertz CT molecular complexity index is 782. The van der Waals surface area contributed by atoms with E-state index in [9.17, 15) is 8.42 Å². The molecule has 0 unspecified atom stereocenters. The third-order valence-corrected chi connectivity index (χ3v) is 5.00. The summed E-state index contributed by atoms with van der Waals surface area (Å²) in [5, 5.41) is 0. The summed E-state index contributed by atoms with van der Waals surface area (Å²) < 4.78 is 40.3. The highest BCUT2D eigenvalue weighted by molar-refractivity contribution is 7.86. The number of aryl methyl sites for hydroxylation is 1. The molecule has 0 aliphatic heterocycles. The van der Waals surface area contributed by atoms with Gasteiger partial charge in [-0.25, -0.2) is 0 Å². The second-order valence-electron chi connectivity index (χ2n) is 5.57. The third-order valence-electron chi connectivity index (χ3n) is 3.57. The Balaban J connectivity index is 2.10. The quantitative estimate of drug-likeness (QED) is 0.717. The minimum absolute atomic E-state index is 0.160. The van der Waals surface area contributed by atoms with Crippen LogP contribution in [0.4, 0.5) is 0 Å². The highest BCUT2D eigenvalue weighted by atomic mass is 32.2. The van der Waals surface area contributed by atoms with Crippen LogP contribution in [0.1, 0.15) is 18.1 Å². The summed E-state index contributed by atoms with van der Waals surface area (Å²) in [6.07, 6.45) is -0.0692. The summed E-state index contributed by atoms with van der Waals surface area (Å²) in [4.78, 5) is 0.160. The van der Waals surface area contributed by atoms with Gasteiger partial charge in [0.15, 0.2) is 11.5 Å². The summed E-state index contributed by atoms with van der Waals surface area (Å²) in [7, 11) is -0.655. The molecule has 0 fully saturated rings. The molecule has 0 amide bonds. The van der Waals surface area contributed by atoms with Crippen LogP contribution in [0.2, 0.25) is 0 Å². The average Bonchev–Trinajstić information content (AvgIpc) is 2.54. The lowest BCUT2D eigenvalue weighted by molar-refractivity contribution is 0.229. The van der Waals surface area contributed by atoms with Crippen molar-refractivity contribution < 1.29 is 22.1 Å². The standard InChI is InChI=1S/C18H22O5S/c1-13-5-8-16(9-6-13)24(19,20)23-14(2)11-15-7-10-17(21-3)18(12-15)22-4/h5-10,12,14H,11H2,1-4H3/t14-/m0/s1. The van der Waals surface area contributed by atoms with Crippen LogP contribution < -0.4 is 9.47 Å². The predicted octanol–water partition coefficient (Wildman–Crippen LogP) is 3.35. The summed E-state index contributed by atoms with van der Waals surface area (Å²) >= 11 is 0. The van der Waals surface area contributed by atoms with Gasteiger partial charge in [0.2, 0.25) is 0 Å². The van der Waals surface area contributed by atoms with E-state index in [1.165, 1.54) is 0 Å². The van der Waals surface area contributed by atoms with Gasteiger partial charge in [-0.15, -0.1) is 0 Å². The van der Waals surface area contributed by atoms with Crippen LogP contribution >= 0.6 is 0 Å². The maximum atomic E-state index is 12.3. The molecular formula is C18H22O5S. The molecule has 0 saturated carbocycles. The van der Waals surface area contributed by atoms with E-state index in [2.05, 4.69) is 0 Å². The molecule has 1 atom stereocenters. The van der Waals surface area contributed by atoms with Crippen LogP contribution in [0.25, 0.3) is 0 Å². The molecule has 0 saturated heterocycles. The van der Waals surface area contributed by atoms with Crippen LogP contribution in [0, 0.1) is 6.92 Å². The summed E-state index contributed by atoms with van der Waals surface area (Å²) in [6.45, 7) is 3.62. The number of benzene rings is 2. The van der Waals surface area contributed by atoms with Crippen molar-refractivity contribution in [3.8, 4) is 11.5 Å². The Hall–Kier alpha value is -2.05. The van der Waals surface area contributed by atoms with Crippen LogP contribution in [0.5, 0.6) is 11.5 Å². The molecule has 2 rings (SSSR count). The lowest BCUT2D eigenvalue weighted by Crippen LogP contribution is -2.18. The number of hydrogen-bond donors (Lipinski definition) is 0. The van der Waals surface area contributed by atoms with Crippen molar-refractivity contribution in [2.24, 2.45) is 0 Å². The lowest BCUT2D eigenvalue weighted by Gasteiger charge is -2.15. The molecule has 0 spiro atoms. The fraction of sp³-hybridized carbons (Fsp3) is 0.333. The molecule has 0 aliphatic carbocycles. The van der Waals surface area contributed by atoms with E-state index in [0.29, 0.717) is 17.9 Å². The second kappa shape index (κ2) is 7.68. The molecule has 5 nitrogen and oxygen atoms in total. The normalized spacial score (nSPS) is 12.7. The maximum Gasteiger partial charge on any atom is 0.297 e. The number of hydrogen-bond acceptors (Lipinski definition) is 5. The van der Waals surface area contributed by atoms with Gasteiger partial charge in [-0.1, -0.05) is 23.8 Å². The monoisotopic (exact) mass is 350 g/mol. The molecule has 6 heteroatoms. The van der Waals surface area contributed by atoms with Crippen molar-refractivity contribution >= 4 is 10.1 Å². The molecule has 2 aromatic rings. The van der Waals surface area contributed by atoms with Crippen LogP contribution in [-0.2, 0) is 20.7 Å². The van der Waals surface area contributed by atoms with Crippen molar-refractivity contribution in [1.82, 2.24) is 0 Å². The van der Waals surface area contributed by atoms with Crippen LogP contribution in [0.3, 0.4) is 0 Å². The Morgan fingerprint density at radius 3 is 2.17 bits per heavy atom. The number of ether oxygens (including phenoxy) is 2. The van der Waals surface area contributed by atoms with Crippen molar-refractivity contribution in [3.63, 3.8) is 0 Å². The molecule has 0 aromatic heterocycles. The molecule has 0 radical (unpaired) electrons. The topological polar surface area (TPSA) is 61.8 Å². The van der Waals surface area contributed by atoms with Crippen LogP contribution in [0.15, 0.2) is 47.4 Å². The van der Waals surface area contributed by atoms with Crippen molar-refractivity contribution in [3.05, 3.63) is 53.6 Å². The first-order valence-corrected chi connectivity index (χ1v) is 8.97. The Morgan fingerprint density at radius 1 is 0.958 bits per heavy atom. The van der Waals surface area contributed by atoms with E-state index in [4.69, 9.17) is 13.7 Å². The van der Waals surface area contributed by atoms with E-state index >= 15 is 0 Å². The predicted molar refractivity (Wildman–Crippen MR) is 92.2 cm³/mol. The van der Waals surface area contributed by atoms with Gasteiger partial charge in [-0.3, -0.25) is 4.18 Å². The van der Waals surface area contributed by atoms with Gasteiger partial charge in [-0.05, 0) is 50.1 Å². The van der Waals surface area contributed by atoms with E-state index in [0.717, 1.165) is 11.1 Å². The zero-order valence-electron chi connectivity index (χ0n) is 14.3. The van der Waals surface area contributed by atoms with Crippen molar-refractivity contribution in [2.45, 2.75) is 31.3 Å². The highest BCUT2D eigenvalue weighted by Gasteiger charge is 2.19. The summed E-state index contributed by atoms with van der Waals surface area (Å²) in [6, 6.07) is 12.1. The molecule has 0 aliphatic rings. The molecule has 0 N–H and O–H groups in total. The Labute approximate surface area is 143 Å². The zero-order valence-corrected chi connectivity index (χ0v) is 15.1. The summed E-state index contributed by atoms with van der Waals surface area (Å²) in [5.41, 5.74) is 1.89. The summed E-state index contributed by atoms with van der Waals surface area (Å²) in [5.74, 6) is 1.23. The lowest BCUT2D eigenvalue weighted by atomic mass is 10.1. The zero-order chi connectivity index (χ0) is 17.7. The molecule has 130 valence electrons. The fourth-order valence-corrected chi connectivity index (χ4v) is 3.43. The first kappa shape index (κ1) is 18.3. The van der Waals surface area contributed by atoms with E-state index in [-0.39, 0.29) is 4.90 Å². The largest absolute Gasteiger partial charge is 0.493 e. The van der Waals surface area contributed by atoms with Gasteiger partial charge >= 0.3 is 0 Å². The average molecular weight is 350 g/mol. The van der Waals surface area contributed by atoms with Gasteiger partial charge in [-0.2, -0.15) is 8.42 Å². The molecule has 24 heavy (non-hydrogen) atoms. The minimum atomic E-state index is -3.78. The second-order valence-corrected chi connectivity index (χ2v) is 7.14. The Morgan fingerprint density at radius 2 is 1.58 bits per heavy atom. The molecule has 0 heterocycles. The minimum Gasteiger partial charge on any atom is -0.493 e. The van der Waals surface area contributed by atoms with E-state index in [1.807, 2.05) is 19.1 Å². The van der Waals surface area contributed by atoms with E-state index in [1.54, 1.807) is 51.5 Å². The fourth-order valence-electron chi connectivity index (χ4n) is 2.35. The first-order chi connectivity index (χ1) is 11.4.